The third-order valence-corrected chi connectivity index (χ3v) is 3.22. The molecular weight excluding hydrogens is 226 g/mol. The number of nitrogens with two attached hydrogens (primary N) is 1. The van der Waals surface area contributed by atoms with Gasteiger partial charge in [-0.05, 0) is 25.3 Å². The summed E-state index contributed by atoms with van der Waals surface area (Å²) in [6.07, 6.45) is 2.46. The zero-order valence-corrected chi connectivity index (χ0v) is 9.50. The minimum absolute atomic E-state index is 0.0174. The maximum Gasteiger partial charge on any atom is 0.151 e. The van der Waals surface area contributed by atoms with E-state index in [-0.39, 0.29) is 18.3 Å². The standard InChI is InChI=1S/C12H16F2N2O/c13-8-6-10(14)12(15)11(7-8)16-4-1-2-9(16)3-5-17/h6-7,9,17H,1-5,15H2. The van der Waals surface area contributed by atoms with E-state index in [1.165, 1.54) is 6.07 Å². The van der Waals surface area contributed by atoms with Crippen LogP contribution in [0.5, 0.6) is 0 Å². The van der Waals surface area contributed by atoms with Gasteiger partial charge in [0.05, 0.1) is 11.4 Å². The third kappa shape index (κ3) is 2.34. The van der Waals surface area contributed by atoms with Crippen LogP contribution in [-0.4, -0.2) is 24.3 Å². The van der Waals surface area contributed by atoms with Crippen LogP contribution in [0, 0.1) is 11.6 Å². The molecule has 1 aliphatic rings. The van der Waals surface area contributed by atoms with E-state index in [9.17, 15) is 8.78 Å². The van der Waals surface area contributed by atoms with E-state index >= 15 is 0 Å². The molecule has 1 atom stereocenters. The van der Waals surface area contributed by atoms with E-state index < -0.39 is 11.6 Å². The molecule has 1 aromatic rings. The van der Waals surface area contributed by atoms with Crippen molar-refractivity contribution < 1.29 is 13.9 Å². The first-order valence-electron chi connectivity index (χ1n) is 5.75. The van der Waals surface area contributed by atoms with Gasteiger partial charge in [0, 0.05) is 25.3 Å². The van der Waals surface area contributed by atoms with Gasteiger partial charge in [-0.3, -0.25) is 0 Å². The van der Waals surface area contributed by atoms with Crippen molar-refractivity contribution in [2.45, 2.75) is 25.3 Å². The Bertz CT molecular complexity index is 412. The first kappa shape index (κ1) is 12.1. The van der Waals surface area contributed by atoms with Gasteiger partial charge in [-0.1, -0.05) is 0 Å². The van der Waals surface area contributed by atoms with E-state index in [0.717, 1.165) is 25.5 Å². The number of aliphatic hydroxyl groups excluding tert-OH is 1. The second-order valence-corrected chi connectivity index (χ2v) is 4.32. The third-order valence-electron chi connectivity index (χ3n) is 3.22. The molecule has 1 aromatic carbocycles. The van der Waals surface area contributed by atoms with Crippen molar-refractivity contribution in [3.63, 3.8) is 0 Å². The van der Waals surface area contributed by atoms with Crippen LogP contribution in [0.3, 0.4) is 0 Å². The van der Waals surface area contributed by atoms with Gasteiger partial charge < -0.3 is 15.7 Å². The van der Waals surface area contributed by atoms with Crippen LogP contribution in [0.15, 0.2) is 12.1 Å². The highest BCUT2D eigenvalue weighted by Gasteiger charge is 2.26. The Kier molecular flexibility index (Phi) is 3.47. The molecule has 3 N–H and O–H groups in total. The Morgan fingerprint density at radius 2 is 2.18 bits per heavy atom. The van der Waals surface area contributed by atoms with Crippen LogP contribution in [0.4, 0.5) is 20.2 Å². The van der Waals surface area contributed by atoms with Gasteiger partial charge in [0.25, 0.3) is 0 Å². The Hall–Kier alpha value is -1.36. The van der Waals surface area contributed by atoms with Crippen LogP contribution in [0.25, 0.3) is 0 Å². The lowest BCUT2D eigenvalue weighted by Crippen LogP contribution is -2.30. The molecule has 3 nitrogen and oxygen atoms in total. The molecule has 0 aliphatic carbocycles. The van der Waals surface area contributed by atoms with Gasteiger partial charge in [0.2, 0.25) is 0 Å². The second-order valence-electron chi connectivity index (χ2n) is 4.32. The van der Waals surface area contributed by atoms with Crippen molar-refractivity contribution in [1.82, 2.24) is 0 Å². The number of hydrogen-bond acceptors (Lipinski definition) is 3. The number of nitrogen functional groups attached to an aromatic ring is 1. The maximum atomic E-state index is 13.4. The molecule has 0 aromatic heterocycles. The normalized spacial score (nSPS) is 19.9. The second kappa shape index (κ2) is 4.87. The first-order chi connectivity index (χ1) is 8.13. The van der Waals surface area contributed by atoms with E-state index in [1.807, 2.05) is 4.90 Å². The van der Waals surface area contributed by atoms with Crippen LogP contribution in [0.2, 0.25) is 0 Å². The van der Waals surface area contributed by atoms with Gasteiger partial charge >= 0.3 is 0 Å². The van der Waals surface area contributed by atoms with Crippen molar-refractivity contribution in [2.24, 2.45) is 0 Å². The molecule has 1 heterocycles. The predicted molar refractivity (Wildman–Crippen MR) is 62.8 cm³/mol. The molecule has 0 bridgehead atoms. The molecule has 2 rings (SSSR count). The van der Waals surface area contributed by atoms with Crippen LogP contribution in [0.1, 0.15) is 19.3 Å². The highest BCUT2D eigenvalue weighted by molar-refractivity contribution is 5.69. The lowest BCUT2D eigenvalue weighted by Gasteiger charge is -2.27. The summed E-state index contributed by atoms with van der Waals surface area (Å²) in [6, 6.07) is 2.16. The number of halogens is 2. The van der Waals surface area contributed by atoms with Gasteiger partial charge in [-0.15, -0.1) is 0 Å². The fraction of sp³-hybridized carbons (Fsp3) is 0.500. The quantitative estimate of drug-likeness (QED) is 0.796. The number of nitrogens with zero attached hydrogens (tertiary/aromatic N) is 1. The fourth-order valence-electron chi connectivity index (χ4n) is 2.41. The lowest BCUT2D eigenvalue weighted by molar-refractivity contribution is 0.276. The molecule has 0 amide bonds. The number of benzene rings is 1. The molecule has 17 heavy (non-hydrogen) atoms. The summed E-state index contributed by atoms with van der Waals surface area (Å²) in [7, 11) is 0. The minimum Gasteiger partial charge on any atom is -0.396 e. The Morgan fingerprint density at radius 1 is 1.41 bits per heavy atom. The summed E-state index contributed by atoms with van der Waals surface area (Å²) in [6.45, 7) is 0.788. The number of aliphatic hydroxyl groups is 1. The first-order valence-corrected chi connectivity index (χ1v) is 5.75. The zero-order valence-electron chi connectivity index (χ0n) is 9.50. The van der Waals surface area contributed by atoms with Crippen molar-refractivity contribution >= 4 is 11.4 Å². The highest BCUT2D eigenvalue weighted by atomic mass is 19.1. The average Bonchev–Trinajstić information content (AvgIpc) is 2.72. The van der Waals surface area contributed by atoms with Gasteiger partial charge in [0.1, 0.15) is 5.82 Å². The molecule has 5 heteroatoms. The minimum atomic E-state index is -0.727. The molecule has 1 saturated heterocycles. The van der Waals surface area contributed by atoms with Gasteiger partial charge in [-0.2, -0.15) is 0 Å². The lowest BCUT2D eigenvalue weighted by atomic mass is 10.1. The Morgan fingerprint density at radius 3 is 2.88 bits per heavy atom. The van der Waals surface area contributed by atoms with Crippen LogP contribution >= 0.6 is 0 Å². The fourth-order valence-corrected chi connectivity index (χ4v) is 2.41. The van der Waals surface area contributed by atoms with Crippen molar-refractivity contribution in [1.29, 1.82) is 0 Å². The predicted octanol–water partition coefficient (Wildman–Crippen LogP) is 1.90. The zero-order chi connectivity index (χ0) is 12.4. The average molecular weight is 242 g/mol. The summed E-state index contributed by atoms with van der Waals surface area (Å²) in [5.41, 5.74) is 6.03. The molecule has 94 valence electrons. The van der Waals surface area contributed by atoms with E-state index in [2.05, 4.69) is 0 Å². The molecule has 0 radical (unpaired) electrons. The topological polar surface area (TPSA) is 49.5 Å². The van der Waals surface area contributed by atoms with E-state index in [0.29, 0.717) is 12.1 Å². The number of rotatable bonds is 3. The summed E-state index contributed by atoms with van der Waals surface area (Å²) in [5, 5.41) is 8.96. The van der Waals surface area contributed by atoms with E-state index in [4.69, 9.17) is 10.8 Å². The van der Waals surface area contributed by atoms with Crippen molar-refractivity contribution in [3.8, 4) is 0 Å². The van der Waals surface area contributed by atoms with Crippen molar-refractivity contribution in [3.05, 3.63) is 23.8 Å². The highest BCUT2D eigenvalue weighted by Crippen LogP contribution is 2.33. The SMILES string of the molecule is Nc1c(F)cc(F)cc1N1CCCC1CCO. The monoisotopic (exact) mass is 242 g/mol. The van der Waals surface area contributed by atoms with Gasteiger partial charge in [0.15, 0.2) is 5.82 Å². The van der Waals surface area contributed by atoms with Crippen LogP contribution in [-0.2, 0) is 0 Å². The molecule has 0 saturated carbocycles. The van der Waals surface area contributed by atoms with Crippen LogP contribution < -0.4 is 10.6 Å². The maximum absolute atomic E-state index is 13.4. The molecule has 1 unspecified atom stereocenters. The molecule has 0 spiro atoms. The van der Waals surface area contributed by atoms with Gasteiger partial charge in [-0.25, -0.2) is 8.78 Å². The summed E-state index contributed by atoms with van der Waals surface area (Å²) < 4.78 is 26.6. The Labute approximate surface area is 98.8 Å². The largest absolute Gasteiger partial charge is 0.396 e. The molecular formula is C12H16F2N2O. The van der Waals surface area contributed by atoms with E-state index in [1.54, 1.807) is 0 Å². The smallest absolute Gasteiger partial charge is 0.151 e. The van der Waals surface area contributed by atoms with Crippen molar-refractivity contribution in [2.75, 3.05) is 23.8 Å². The number of anilines is 2. The molecule has 1 aliphatic heterocycles. The summed E-state index contributed by atoms with van der Waals surface area (Å²) in [4.78, 5) is 1.89. The summed E-state index contributed by atoms with van der Waals surface area (Å²) >= 11 is 0. The number of hydrogen-bond donors (Lipinski definition) is 2. The molecule has 1 fully saturated rings. The summed E-state index contributed by atoms with van der Waals surface area (Å²) in [5.74, 6) is -1.35. The Balaban J connectivity index is 2.32.